The molecule has 0 spiro atoms. The second kappa shape index (κ2) is 18.8. The highest BCUT2D eigenvalue weighted by molar-refractivity contribution is 7.90. The summed E-state index contributed by atoms with van der Waals surface area (Å²) in [6.07, 6.45) is 5.36. The van der Waals surface area contributed by atoms with E-state index in [0.717, 1.165) is 67.7 Å². The third-order valence-corrected chi connectivity index (χ3v) is 14.0. The van der Waals surface area contributed by atoms with Crippen molar-refractivity contribution in [3.63, 3.8) is 0 Å². The number of halogens is 1. The Morgan fingerprint density at radius 3 is 2.59 bits per heavy atom. The molecule has 3 aromatic carbocycles. The van der Waals surface area contributed by atoms with Gasteiger partial charge in [0.2, 0.25) is 5.88 Å². The largest absolute Gasteiger partial charge is 0.476 e. The number of ether oxygens (including phenoxy) is 3. The maximum absolute atomic E-state index is 14.3. The second-order valence-corrected chi connectivity index (χ2v) is 18.9. The number of piperazine rings is 1. The Bertz CT molecular complexity index is 2680. The van der Waals surface area contributed by atoms with E-state index in [2.05, 4.69) is 43.9 Å². The summed E-state index contributed by atoms with van der Waals surface area (Å²) in [5.74, 6) is 0.120. The molecule has 5 heterocycles. The summed E-state index contributed by atoms with van der Waals surface area (Å²) in [5, 5.41) is 16.7. The van der Waals surface area contributed by atoms with Gasteiger partial charge in [-0.15, -0.1) is 0 Å². The molecule has 5 aromatic rings. The lowest BCUT2D eigenvalue weighted by molar-refractivity contribution is -0.384. The fourth-order valence-electron chi connectivity index (χ4n) is 8.99. The number of nitrogens with one attached hydrogen (secondary N) is 3. The van der Waals surface area contributed by atoms with E-state index in [9.17, 15) is 23.3 Å². The molecule has 16 nitrogen and oxygen atoms in total. The molecule has 2 aromatic heterocycles. The molecule has 0 bridgehead atoms. The van der Waals surface area contributed by atoms with Gasteiger partial charge < -0.3 is 34.3 Å². The molecule has 2 atom stereocenters. The molecule has 3 aliphatic heterocycles. The van der Waals surface area contributed by atoms with Crippen molar-refractivity contribution in [3.8, 4) is 5.88 Å². The van der Waals surface area contributed by atoms with Crippen molar-refractivity contribution in [1.82, 2.24) is 19.6 Å². The maximum Gasteiger partial charge on any atom is 0.293 e. The van der Waals surface area contributed by atoms with Crippen LogP contribution in [0.2, 0.25) is 5.02 Å². The highest BCUT2D eigenvalue weighted by Crippen LogP contribution is 2.41. The van der Waals surface area contributed by atoms with Gasteiger partial charge in [-0.05, 0) is 97.3 Å². The summed E-state index contributed by atoms with van der Waals surface area (Å²) >= 11 is 6.24. The predicted molar refractivity (Wildman–Crippen MR) is 246 cm³/mol. The van der Waals surface area contributed by atoms with Gasteiger partial charge in [0.1, 0.15) is 17.0 Å². The quantitative estimate of drug-likeness (QED) is 0.0833. The van der Waals surface area contributed by atoms with Crippen molar-refractivity contribution in [2.24, 2.45) is 5.92 Å². The first kappa shape index (κ1) is 43.5. The fraction of sp³-hybridized carbons (Fsp3) is 0.391. The van der Waals surface area contributed by atoms with Crippen molar-refractivity contribution in [3.05, 3.63) is 111 Å². The summed E-state index contributed by atoms with van der Waals surface area (Å²) in [4.78, 5) is 40.0. The van der Waals surface area contributed by atoms with Crippen molar-refractivity contribution in [2.75, 3.05) is 87.4 Å². The molecule has 64 heavy (non-hydrogen) atoms. The number of benzene rings is 3. The van der Waals surface area contributed by atoms with Gasteiger partial charge in [0, 0.05) is 74.2 Å². The number of pyridine rings is 1. The maximum atomic E-state index is 14.3. The minimum atomic E-state index is -4.59. The van der Waals surface area contributed by atoms with Crippen LogP contribution >= 0.6 is 11.6 Å². The van der Waals surface area contributed by atoms with E-state index in [0.29, 0.717) is 68.2 Å². The summed E-state index contributed by atoms with van der Waals surface area (Å²) in [7, 11) is -4.59. The summed E-state index contributed by atoms with van der Waals surface area (Å²) in [6.45, 7) is 8.65. The monoisotopic (exact) mass is 910 g/mol. The smallest absolute Gasteiger partial charge is 0.293 e. The van der Waals surface area contributed by atoms with Crippen LogP contribution in [0.1, 0.15) is 48.5 Å². The standard InChI is InChI=1S/C46H51ClN8O8S/c1-30-3-4-33(39(23-30)31-5-7-34(47)8-6-31)28-52-16-18-53(19-17-52)35-9-11-38(41(25-35)54-15-2-20-63-46-43(54)24-32-13-14-48-44(32)50-46)45(56)51-64(59,60)37-10-12-40(42(26-37)55(57)58)49-27-36-29-61-21-22-62-36/h5-14,24-26,30,36,49H,2-4,15-23,27-29H2,1H3,(H,48,50)(H,51,56)/t30-,36-/m0/s1. The van der Waals surface area contributed by atoms with Crippen molar-refractivity contribution >= 4 is 72.6 Å². The first-order valence-electron chi connectivity index (χ1n) is 21.7. The number of fused-ring (bicyclic) bond motifs is 2. The normalized spacial score (nSPS) is 19.8. The van der Waals surface area contributed by atoms with Gasteiger partial charge >= 0.3 is 0 Å². The Kier molecular flexibility index (Phi) is 12.8. The average Bonchev–Trinajstić information content (AvgIpc) is 3.66. The minimum absolute atomic E-state index is 0.101. The van der Waals surface area contributed by atoms with Gasteiger partial charge in [-0.25, -0.2) is 13.1 Å². The Hall–Kier alpha value is -5.72. The molecule has 336 valence electrons. The Morgan fingerprint density at radius 2 is 1.81 bits per heavy atom. The van der Waals surface area contributed by atoms with Crippen LogP contribution in [0.3, 0.4) is 0 Å². The van der Waals surface area contributed by atoms with Crippen molar-refractivity contribution in [1.29, 1.82) is 0 Å². The zero-order chi connectivity index (χ0) is 44.4. The molecule has 2 saturated heterocycles. The van der Waals surface area contributed by atoms with Crippen LogP contribution in [-0.4, -0.2) is 112 Å². The van der Waals surface area contributed by atoms with E-state index < -0.39 is 31.4 Å². The van der Waals surface area contributed by atoms with Crippen LogP contribution in [-0.2, 0) is 19.5 Å². The number of aromatic amines is 1. The van der Waals surface area contributed by atoms with Gasteiger partial charge in [0.25, 0.3) is 21.6 Å². The summed E-state index contributed by atoms with van der Waals surface area (Å²) in [6, 6.07) is 21.0. The molecule has 2 fully saturated rings. The van der Waals surface area contributed by atoms with E-state index in [1.54, 1.807) is 12.3 Å². The minimum Gasteiger partial charge on any atom is -0.476 e. The number of anilines is 4. The number of nitro groups is 1. The van der Waals surface area contributed by atoms with Crippen LogP contribution in [0, 0.1) is 16.0 Å². The number of aromatic nitrogens is 2. The number of carbonyl (C=O) groups excluding carboxylic acids is 1. The highest BCUT2D eigenvalue weighted by Gasteiger charge is 2.31. The summed E-state index contributed by atoms with van der Waals surface area (Å²) < 4.78 is 47.2. The molecular formula is C46H51ClN8O8S. The molecular weight excluding hydrogens is 860 g/mol. The molecule has 0 radical (unpaired) electrons. The van der Waals surface area contributed by atoms with Crippen molar-refractivity contribution in [2.45, 2.75) is 43.6 Å². The third kappa shape index (κ3) is 9.54. The number of allylic oxidation sites excluding steroid dienone is 1. The topological polar surface area (TPSA) is 185 Å². The molecule has 0 saturated carbocycles. The third-order valence-electron chi connectivity index (χ3n) is 12.4. The van der Waals surface area contributed by atoms with Crippen LogP contribution in [0.5, 0.6) is 5.88 Å². The molecule has 4 aliphatic rings. The van der Waals surface area contributed by atoms with Gasteiger partial charge in [-0.2, -0.15) is 4.98 Å². The van der Waals surface area contributed by atoms with Gasteiger partial charge in [-0.1, -0.05) is 36.2 Å². The molecule has 9 rings (SSSR count). The van der Waals surface area contributed by atoms with E-state index >= 15 is 0 Å². The number of hydrogen-bond acceptors (Lipinski definition) is 13. The lowest BCUT2D eigenvalue weighted by Crippen LogP contribution is -2.47. The SMILES string of the molecule is C[C@H]1CCC(CN2CCN(c3ccc(C(=O)NS(=O)(=O)c4ccc(NC[C@H]5COCCO5)c([N+](=O)[O-])c4)c(N4CCCOc5nc6[nH]ccc6cc54)c3)CC2)=C(c2ccc(Cl)cc2)C1. The Morgan fingerprint density at radius 1 is 0.984 bits per heavy atom. The zero-order valence-electron chi connectivity index (χ0n) is 35.6. The van der Waals surface area contributed by atoms with E-state index in [4.69, 9.17) is 30.8 Å². The predicted octanol–water partition coefficient (Wildman–Crippen LogP) is 7.39. The molecule has 3 N–H and O–H groups in total. The second-order valence-electron chi connectivity index (χ2n) is 16.8. The van der Waals surface area contributed by atoms with E-state index in [-0.39, 0.29) is 23.9 Å². The summed E-state index contributed by atoms with van der Waals surface area (Å²) in [5.41, 5.74) is 6.55. The number of carbonyl (C=O) groups is 1. The number of rotatable bonds is 12. The van der Waals surface area contributed by atoms with E-state index in [1.165, 1.54) is 35.3 Å². The lowest BCUT2D eigenvalue weighted by Gasteiger charge is -2.38. The molecule has 0 unspecified atom stereocenters. The molecule has 18 heteroatoms. The van der Waals surface area contributed by atoms with Gasteiger partial charge in [-0.3, -0.25) is 19.8 Å². The molecule has 1 aliphatic carbocycles. The van der Waals surface area contributed by atoms with Gasteiger partial charge in [0.15, 0.2) is 0 Å². The molecule has 1 amide bonds. The van der Waals surface area contributed by atoms with Crippen LogP contribution in [0.4, 0.5) is 28.4 Å². The van der Waals surface area contributed by atoms with Crippen molar-refractivity contribution < 1.29 is 32.3 Å². The first-order valence-corrected chi connectivity index (χ1v) is 23.6. The fourth-order valence-corrected chi connectivity index (χ4v) is 10.1. The Labute approximate surface area is 376 Å². The first-order chi connectivity index (χ1) is 31.0. The van der Waals surface area contributed by atoms with Crippen LogP contribution in [0.15, 0.2) is 89.5 Å². The highest BCUT2D eigenvalue weighted by atomic mass is 35.5. The average molecular weight is 911 g/mol. The number of nitro benzene ring substituents is 1. The zero-order valence-corrected chi connectivity index (χ0v) is 37.1. The number of amides is 1. The lowest BCUT2D eigenvalue weighted by atomic mass is 9.81. The van der Waals surface area contributed by atoms with Gasteiger partial charge in [0.05, 0.1) is 53.6 Å². The number of nitrogens with zero attached hydrogens (tertiary/aromatic N) is 5. The number of H-pyrrole nitrogens is 1. The number of sulfonamides is 1. The number of hydrogen-bond donors (Lipinski definition) is 3. The van der Waals surface area contributed by atoms with Crippen LogP contribution in [0.25, 0.3) is 16.6 Å². The Balaban J connectivity index is 0.985. The van der Waals surface area contributed by atoms with Crippen LogP contribution < -0.4 is 24.6 Å². The van der Waals surface area contributed by atoms with E-state index in [1.807, 2.05) is 41.3 Å².